The molecule has 4 heteroatoms. The van der Waals surface area contributed by atoms with Crippen molar-refractivity contribution in [2.75, 3.05) is 26.2 Å². The molecule has 0 amide bonds. The Hall–Kier alpha value is -1.00. The van der Waals surface area contributed by atoms with Gasteiger partial charge in [0.25, 0.3) is 0 Å². The smallest absolute Gasteiger partial charge is 0.129 e. The maximum atomic E-state index is 5.22. The van der Waals surface area contributed by atoms with Crippen LogP contribution in [0.15, 0.2) is 40.4 Å². The predicted molar refractivity (Wildman–Crippen MR) is 72.4 cm³/mol. The van der Waals surface area contributed by atoms with Crippen LogP contribution in [-0.4, -0.2) is 36.7 Å². The Labute approximate surface area is 107 Å². The number of likely N-dealkylation sites (tertiary alicyclic amines) is 1. The van der Waals surface area contributed by atoms with Crippen LogP contribution in [0.2, 0.25) is 0 Å². The molecule has 1 aliphatic heterocycles. The largest absolute Gasteiger partial charge is 0.394 e. The monoisotopic (exact) mass is 250 g/mol. The minimum atomic E-state index is 0.686. The van der Waals surface area contributed by atoms with Gasteiger partial charge in [0, 0.05) is 11.4 Å². The summed E-state index contributed by atoms with van der Waals surface area (Å²) in [5, 5.41) is 3.94. The fraction of sp³-hybridized carbons (Fsp3) is 0.462. The van der Waals surface area contributed by atoms with Crippen LogP contribution in [0.5, 0.6) is 0 Å². The van der Waals surface area contributed by atoms with Gasteiger partial charge in [-0.05, 0) is 38.1 Å². The van der Waals surface area contributed by atoms with Crippen LogP contribution in [0.3, 0.4) is 0 Å². The van der Waals surface area contributed by atoms with E-state index in [1.165, 1.54) is 30.8 Å². The zero-order valence-corrected chi connectivity index (χ0v) is 10.7. The van der Waals surface area contributed by atoms with Gasteiger partial charge in [0.15, 0.2) is 0 Å². The Bertz CT molecular complexity index is 337. The van der Waals surface area contributed by atoms with E-state index in [1.807, 2.05) is 18.2 Å². The zero-order valence-electron chi connectivity index (χ0n) is 9.92. The molecule has 0 N–H and O–H groups in total. The van der Waals surface area contributed by atoms with Crippen LogP contribution in [0.25, 0.3) is 0 Å². The first-order valence-electron chi connectivity index (χ1n) is 6.03. The first-order chi connectivity index (χ1) is 8.45. The van der Waals surface area contributed by atoms with Crippen LogP contribution >= 0.6 is 11.8 Å². The van der Waals surface area contributed by atoms with Gasteiger partial charge in [0.2, 0.25) is 0 Å². The van der Waals surface area contributed by atoms with Crippen molar-refractivity contribution in [2.45, 2.75) is 17.7 Å². The fourth-order valence-corrected chi connectivity index (χ4v) is 2.38. The third-order valence-electron chi connectivity index (χ3n) is 2.75. The number of hydrogen-bond acceptors (Lipinski definition) is 4. The Morgan fingerprint density at radius 1 is 1.24 bits per heavy atom. The van der Waals surface area contributed by atoms with Crippen LogP contribution in [0.1, 0.15) is 12.8 Å². The van der Waals surface area contributed by atoms with Gasteiger partial charge in [-0.2, -0.15) is 0 Å². The van der Waals surface area contributed by atoms with Gasteiger partial charge in [-0.3, -0.25) is 4.90 Å². The number of nitrogens with zero attached hydrogens (tertiary/aromatic N) is 2. The molecule has 1 aromatic carbocycles. The minimum Gasteiger partial charge on any atom is -0.394 e. The molecule has 92 valence electrons. The molecule has 0 aromatic heterocycles. The number of rotatable bonds is 6. The first-order valence-corrected chi connectivity index (χ1v) is 6.91. The molecule has 1 aromatic rings. The van der Waals surface area contributed by atoms with Crippen molar-refractivity contribution in [1.82, 2.24) is 4.90 Å². The molecule has 1 fully saturated rings. The number of benzene rings is 1. The summed E-state index contributed by atoms with van der Waals surface area (Å²) in [6.07, 6.45) is 2.65. The van der Waals surface area contributed by atoms with Crippen molar-refractivity contribution in [1.29, 1.82) is 0 Å². The lowest BCUT2D eigenvalue weighted by Gasteiger charge is -2.12. The normalized spacial score (nSPS) is 16.7. The molecule has 3 nitrogen and oxygen atoms in total. The fourth-order valence-electron chi connectivity index (χ4n) is 1.84. The summed E-state index contributed by atoms with van der Waals surface area (Å²) in [6, 6.07) is 10.2. The molecule has 1 saturated heterocycles. The van der Waals surface area contributed by atoms with Crippen LogP contribution in [-0.2, 0) is 4.84 Å². The van der Waals surface area contributed by atoms with Gasteiger partial charge in [-0.15, -0.1) is 0 Å². The van der Waals surface area contributed by atoms with Gasteiger partial charge in [-0.1, -0.05) is 35.1 Å². The second-order valence-corrected chi connectivity index (χ2v) is 4.94. The van der Waals surface area contributed by atoms with E-state index in [0.717, 1.165) is 6.54 Å². The lowest BCUT2D eigenvalue weighted by molar-refractivity contribution is 0.120. The van der Waals surface area contributed by atoms with Crippen molar-refractivity contribution in [3.05, 3.63) is 30.3 Å². The molecule has 0 spiro atoms. The molecule has 1 aliphatic rings. The van der Waals surface area contributed by atoms with Gasteiger partial charge in [0.05, 0.1) is 0 Å². The first kappa shape index (κ1) is 12.5. The summed E-state index contributed by atoms with van der Waals surface area (Å²) < 4.78 is 0. The molecule has 1 heterocycles. The molecule has 0 saturated carbocycles. The maximum Gasteiger partial charge on any atom is 0.129 e. The van der Waals surface area contributed by atoms with E-state index in [-0.39, 0.29) is 0 Å². The summed E-state index contributed by atoms with van der Waals surface area (Å²) in [5.41, 5.74) is 1.75. The molecular formula is C13H18N2OS. The molecule has 17 heavy (non-hydrogen) atoms. The summed E-state index contributed by atoms with van der Waals surface area (Å²) in [4.78, 5) is 8.82. The number of oxime groups is 1. The third kappa shape index (κ3) is 4.79. The highest BCUT2D eigenvalue weighted by Crippen LogP contribution is 2.13. The van der Waals surface area contributed by atoms with Crippen LogP contribution in [0, 0.1) is 0 Å². The van der Waals surface area contributed by atoms with E-state index < -0.39 is 0 Å². The van der Waals surface area contributed by atoms with Gasteiger partial charge in [0.1, 0.15) is 12.2 Å². The SMILES string of the molecule is C(=NOCCN1CCCC1)Sc1ccccc1. The van der Waals surface area contributed by atoms with E-state index >= 15 is 0 Å². The van der Waals surface area contributed by atoms with Crippen molar-refractivity contribution >= 4 is 17.3 Å². The summed E-state index contributed by atoms with van der Waals surface area (Å²) >= 11 is 1.57. The van der Waals surface area contributed by atoms with Crippen molar-refractivity contribution in [2.24, 2.45) is 5.16 Å². The Morgan fingerprint density at radius 3 is 2.76 bits per heavy atom. The van der Waals surface area contributed by atoms with E-state index in [9.17, 15) is 0 Å². The van der Waals surface area contributed by atoms with Gasteiger partial charge in [-0.25, -0.2) is 0 Å². The van der Waals surface area contributed by atoms with Gasteiger partial charge < -0.3 is 4.84 Å². The highest BCUT2D eigenvalue weighted by atomic mass is 32.2. The quantitative estimate of drug-likeness (QED) is 0.255. The molecule has 0 unspecified atom stereocenters. The molecule has 0 radical (unpaired) electrons. The van der Waals surface area contributed by atoms with E-state index in [2.05, 4.69) is 22.2 Å². The van der Waals surface area contributed by atoms with Crippen molar-refractivity contribution < 1.29 is 4.84 Å². The second-order valence-electron chi connectivity index (χ2n) is 4.02. The summed E-state index contributed by atoms with van der Waals surface area (Å²) in [7, 11) is 0. The van der Waals surface area contributed by atoms with E-state index in [4.69, 9.17) is 4.84 Å². The van der Waals surface area contributed by atoms with Crippen LogP contribution in [0.4, 0.5) is 0 Å². The molecule has 0 bridgehead atoms. The lowest BCUT2D eigenvalue weighted by Crippen LogP contribution is -2.23. The molecule has 0 atom stereocenters. The van der Waals surface area contributed by atoms with E-state index in [1.54, 1.807) is 17.3 Å². The molecule has 0 aliphatic carbocycles. The number of thioether (sulfide) groups is 1. The average Bonchev–Trinajstić information content (AvgIpc) is 2.88. The van der Waals surface area contributed by atoms with Gasteiger partial charge >= 0.3 is 0 Å². The highest BCUT2D eigenvalue weighted by molar-refractivity contribution is 8.12. The Balaban J connectivity index is 1.55. The third-order valence-corrected chi connectivity index (χ3v) is 3.48. The molecular weight excluding hydrogens is 232 g/mol. The van der Waals surface area contributed by atoms with Crippen LogP contribution < -0.4 is 0 Å². The van der Waals surface area contributed by atoms with E-state index in [0.29, 0.717) is 6.61 Å². The summed E-state index contributed by atoms with van der Waals surface area (Å²) in [6.45, 7) is 4.11. The van der Waals surface area contributed by atoms with Crippen molar-refractivity contribution in [3.63, 3.8) is 0 Å². The predicted octanol–water partition coefficient (Wildman–Crippen LogP) is 2.83. The summed E-state index contributed by atoms with van der Waals surface area (Å²) in [5.74, 6) is 0. The standard InChI is InChI=1S/C13H18N2OS/c1-2-6-13(7-3-1)17-12-14-16-11-10-15-8-4-5-9-15/h1-3,6-7,12H,4-5,8-11H2. The molecule has 2 rings (SSSR count). The zero-order chi connectivity index (χ0) is 11.8. The highest BCUT2D eigenvalue weighted by Gasteiger charge is 2.10. The lowest BCUT2D eigenvalue weighted by atomic mass is 10.4. The topological polar surface area (TPSA) is 24.8 Å². The maximum absolute atomic E-state index is 5.22. The Morgan fingerprint density at radius 2 is 2.00 bits per heavy atom. The number of hydrogen-bond donors (Lipinski definition) is 0. The Kier molecular flexibility index (Phi) is 5.39. The van der Waals surface area contributed by atoms with Crippen molar-refractivity contribution in [3.8, 4) is 0 Å². The average molecular weight is 250 g/mol. The second kappa shape index (κ2) is 7.35. The minimum absolute atomic E-state index is 0.686.